The van der Waals surface area contributed by atoms with Crippen LogP contribution in [0.25, 0.3) is 0 Å². The molecule has 0 atom stereocenters. The maximum atomic E-state index is 13.0. The quantitative estimate of drug-likeness (QED) is 0.613. The Balaban J connectivity index is 1.55. The van der Waals surface area contributed by atoms with Gasteiger partial charge in [-0.05, 0) is 61.2 Å². The van der Waals surface area contributed by atoms with Crippen molar-refractivity contribution >= 4 is 26.0 Å². The number of benzene rings is 2. The van der Waals surface area contributed by atoms with Gasteiger partial charge in [-0.3, -0.25) is 4.79 Å². The number of hydrogen-bond acceptors (Lipinski definition) is 6. The van der Waals surface area contributed by atoms with Gasteiger partial charge in [0.25, 0.3) is 0 Å². The molecule has 2 aromatic rings. The van der Waals surface area contributed by atoms with Gasteiger partial charge in [0.15, 0.2) is 0 Å². The Morgan fingerprint density at radius 1 is 1.06 bits per heavy atom. The lowest BCUT2D eigenvalue weighted by Crippen LogP contribution is -2.42. The Morgan fingerprint density at radius 2 is 1.66 bits per heavy atom. The molecular weight excluding hydrogens is 454 g/mol. The Hall–Kier alpha value is -2.47. The van der Waals surface area contributed by atoms with E-state index in [0.29, 0.717) is 18.6 Å². The first kappa shape index (κ1) is 24.2. The van der Waals surface area contributed by atoms with Gasteiger partial charge in [-0.2, -0.15) is 4.31 Å². The van der Waals surface area contributed by atoms with E-state index in [-0.39, 0.29) is 41.3 Å². The van der Waals surface area contributed by atoms with Crippen molar-refractivity contribution in [2.45, 2.75) is 36.1 Å². The smallest absolute Gasteiger partial charge is 0.243 e. The largest absolute Gasteiger partial charge is 0.496 e. The lowest BCUT2D eigenvalue weighted by atomic mass is 9.97. The molecule has 3 rings (SSSR count). The molecular formula is C21H27N3O6S2. The third kappa shape index (κ3) is 5.47. The molecule has 0 unspecified atom stereocenters. The molecule has 1 fully saturated rings. The van der Waals surface area contributed by atoms with E-state index >= 15 is 0 Å². The lowest BCUT2D eigenvalue weighted by Gasteiger charge is -2.30. The summed E-state index contributed by atoms with van der Waals surface area (Å²) in [5, 5.41) is 7.91. The summed E-state index contributed by atoms with van der Waals surface area (Å²) in [7, 11) is -5.87. The topological polar surface area (TPSA) is 136 Å². The summed E-state index contributed by atoms with van der Waals surface area (Å²) >= 11 is 0. The van der Waals surface area contributed by atoms with E-state index in [0.717, 1.165) is 11.1 Å². The van der Waals surface area contributed by atoms with Gasteiger partial charge in [-0.25, -0.2) is 22.0 Å². The minimum Gasteiger partial charge on any atom is -0.496 e. The second-order valence-electron chi connectivity index (χ2n) is 7.72. The van der Waals surface area contributed by atoms with Crippen molar-refractivity contribution in [1.82, 2.24) is 9.62 Å². The minimum absolute atomic E-state index is 0.00760. The van der Waals surface area contributed by atoms with Gasteiger partial charge >= 0.3 is 0 Å². The van der Waals surface area contributed by atoms with Crippen LogP contribution in [0.5, 0.6) is 5.75 Å². The Morgan fingerprint density at radius 3 is 2.19 bits per heavy atom. The van der Waals surface area contributed by atoms with Gasteiger partial charge in [0.1, 0.15) is 5.75 Å². The van der Waals surface area contributed by atoms with Gasteiger partial charge in [-0.15, -0.1) is 0 Å². The lowest BCUT2D eigenvalue weighted by molar-refractivity contribution is -0.126. The van der Waals surface area contributed by atoms with Crippen LogP contribution in [0.1, 0.15) is 24.0 Å². The summed E-state index contributed by atoms with van der Waals surface area (Å²) in [6.07, 6.45) is 0.842. The normalized spacial score (nSPS) is 16.0. The molecule has 0 radical (unpaired) electrons. The van der Waals surface area contributed by atoms with E-state index in [4.69, 9.17) is 9.88 Å². The standard InChI is InChI=1S/C21H27N3O6S2/c1-15-13-19(7-8-20(15)30-2)32(28,29)24-11-9-17(10-12-24)21(25)23-14-16-3-5-18(6-4-16)31(22,26)27/h3-8,13,17H,9-12,14H2,1-2H3,(H,23,25)(H2,22,26,27). The molecule has 1 saturated heterocycles. The van der Waals surface area contributed by atoms with Crippen LogP contribution in [0.4, 0.5) is 0 Å². The highest BCUT2D eigenvalue weighted by molar-refractivity contribution is 7.89. The van der Waals surface area contributed by atoms with Crippen molar-refractivity contribution in [2.24, 2.45) is 11.1 Å². The van der Waals surface area contributed by atoms with Crippen LogP contribution in [0.15, 0.2) is 52.3 Å². The number of aryl methyl sites for hydroxylation is 1. The SMILES string of the molecule is COc1ccc(S(=O)(=O)N2CCC(C(=O)NCc3ccc(S(N)(=O)=O)cc3)CC2)cc1C. The second-order valence-corrected chi connectivity index (χ2v) is 11.2. The molecule has 3 N–H and O–H groups in total. The van der Waals surface area contributed by atoms with E-state index in [9.17, 15) is 21.6 Å². The van der Waals surface area contributed by atoms with E-state index in [1.165, 1.54) is 29.6 Å². The molecule has 1 heterocycles. The first-order chi connectivity index (χ1) is 15.0. The van der Waals surface area contributed by atoms with E-state index in [1.807, 2.05) is 0 Å². The van der Waals surface area contributed by atoms with Crippen molar-refractivity contribution in [1.29, 1.82) is 0 Å². The van der Waals surface area contributed by atoms with Gasteiger partial charge < -0.3 is 10.1 Å². The zero-order chi connectivity index (χ0) is 23.5. The summed E-state index contributed by atoms with van der Waals surface area (Å²) in [6.45, 7) is 2.55. The fourth-order valence-electron chi connectivity index (χ4n) is 3.65. The predicted octanol–water partition coefficient (Wildman–Crippen LogP) is 1.37. The van der Waals surface area contributed by atoms with Gasteiger partial charge in [0.2, 0.25) is 26.0 Å². The molecule has 0 bridgehead atoms. The maximum Gasteiger partial charge on any atom is 0.243 e. The number of nitrogens with one attached hydrogen (secondary N) is 1. The van der Waals surface area contributed by atoms with Crippen molar-refractivity contribution < 1.29 is 26.4 Å². The number of nitrogens with zero attached hydrogens (tertiary/aromatic N) is 1. The predicted molar refractivity (Wildman–Crippen MR) is 119 cm³/mol. The zero-order valence-electron chi connectivity index (χ0n) is 17.9. The molecule has 2 aromatic carbocycles. The molecule has 1 aliphatic heterocycles. The number of hydrogen-bond donors (Lipinski definition) is 2. The first-order valence-corrected chi connectivity index (χ1v) is 13.1. The summed E-state index contributed by atoms with van der Waals surface area (Å²) < 4.78 is 55.1. The van der Waals surface area contributed by atoms with Crippen LogP contribution in [0, 0.1) is 12.8 Å². The monoisotopic (exact) mass is 481 g/mol. The summed E-state index contributed by atoms with van der Waals surface area (Å²) in [5.41, 5.74) is 1.47. The molecule has 32 heavy (non-hydrogen) atoms. The van der Waals surface area contributed by atoms with E-state index in [2.05, 4.69) is 5.32 Å². The van der Waals surface area contributed by atoms with Crippen molar-refractivity contribution in [3.63, 3.8) is 0 Å². The molecule has 0 aromatic heterocycles. The zero-order valence-corrected chi connectivity index (χ0v) is 19.6. The van der Waals surface area contributed by atoms with Crippen LogP contribution in [0.3, 0.4) is 0 Å². The Bertz CT molecular complexity index is 1190. The number of primary sulfonamides is 1. The fourth-order valence-corrected chi connectivity index (χ4v) is 5.72. The average molecular weight is 482 g/mol. The molecule has 1 amide bonds. The number of nitrogens with two attached hydrogens (primary N) is 1. The van der Waals surface area contributed by atoms with Crippen LogP contribution in [-0.2, 0) is 31.4 Å². The number of methoxy groups -OCH3 is 1. The summed E-state index contributed by atoms with van der Waals surface area (Å²) in [4.78, 5) is 12.7. The van der Waals surface area contributed by atoms with Crippen LogP contribution < -0.4 is 15.2 Å². The number of amides is 1. The average Bonchev–Trinajstić information content (AvgIpc) is 2.77. The van der Waals surface area contributed by atoms with Crippen molar-refractivity contribution in [3.8, 4) is 5.75 Å². The number of rotatable bonds is 7. The van der Waals surface area contributed by atoms with Crippen molar-refractivity contribution in [2.75, 3.05) is 20.2 Å². The third-order valence-corrected chi connectivity index (χ3v) is 8.37. The highest BCUT2D eigenvalue weighted by Crippen LogP contribution is 2.27. The van der Waals surface area contributed by atoms with Crippen LogP contribution in [0.2, 0.25) is 0 Å². The van der Waals surface area contributed by atoms with Gasteiger partial charge in [0.05, 0.1) is 16.9 Å². The Kier molecular flexibility index (Phi) is 7.23. The summed E-state index contributed by atoms with van der Waals surface area (Å²) in [6, 6.07) is 10.7. The molecule has 1 aliphatic rings. The number of ether oxygens (including phenoxy) is 1. The van der Waals surface area contributed by atoms with Crippen LogP contribution >= 0.6 is 0 Å². The molecule has 0 spiro atoms. The number of carbonyl (C=O) groups is 1. The molecule has 0 aliphatic carbocycles. The van der Waals surface area contributed by atoms with E-state index in [1.54, 1.807) is 31.2 Å². The van der Waals surface area contributed by atoms with Crippen LogP contribution in [-0.4, -0.2) is 47.2 Å². The fraction of sp³-hybridized carbons (Fsp3) is 0.381. The molecule has 11 heteroatoms. The summed E-state index contributed by atoms with van der Waals surface area (Å²) in [5.74, 6) is 0.180. The second kappa shape index (κ2) is 9.57. The highest BCUT2D eigenvalue weighted by Gasteiger charge is 2.32. The van der Waals surface area contributed by atoms with Gasteiger partial charge in [0, 0.05) is 25.6 Å². The van der Waals surface area contributed by atoms with Gasteiger partial charge in [-0.1, -0.05) is 12.1 Å². The minimum atomic E-state index is -3.76. The molecule has 174 valence electrons. The number of piperidine rings is 1. The van der Waals surface area contributed by atoms with Crippen molar-refractivity contribution in [3.05, 3.63) is 53.6 Å². The molecule has 9 nitrogen and oxygen atoms in total. The maximum absolute atomic E-state index is 13.0. The third-order valence-electron chi connectivity index (χ3n) is 5.55. The highest BCUT2D eigenvalue weighted by atomic mass is 32.2. The first-order valence-electron chi connectivity index (χ1n) is 10.1. The van der Waals surface area contributed by atoms with E-state index < -0.39 is 20.0 Å². The number of carbonyl (C=O) groups excluding carboxylic acids is 1. The molecule has 0 saturated carbocycles. The number of sulfonamides is 2. The Labute approximate surface area is 188 Å².